The number of amides is 1. The van der Waals surface area contributed by atoms with Crippen molar-refractivity contribution in [3.63, 3.8) is 0 Å². The maximum atomic E-state index is 12.0. The van der Waals surface area contributed by atoms with E-state index >= 15 is 0 Å². The standard InChI is InChI=1S/C26H51NO4S/c1-3-4-5-6-7-8-9-10-11-12-13-14-15-16-17-18-19-20-21-23-26(28)27(2)24-22-25-32(29,30)31/h10-11H,3-9,12-25H2,1-2H3,(H,29,30,31)/b11-10+. The van der Waals surface area contributed by atoms with Crippen molar-refractivity contribution >= 4 is 16.0 Å². The average Bonchev–Trinajstić information content (AvgIpc) is 2.74. The fourth-order valence-electron chi connectivity index (χ4n) is 3.85. The summed E-state index contributed by atoms with van der Waals surface area (Å²) < 4.78 is 30.1. The summed E-state index contributed by atoms with van der Waals surface area (Å²) in [6, 6.07) is 0. The second kappa shape index (κ2) is 21.9. The van der Waals surface area contributed by atoms with Crippen molar-refractivity contribution in [2.75, 3.05) is 19.3 Å². The second-order valence-electron chi connectivity index (χ2n) is 9.20. The molecule has 0 aromatic carbocycles. The molecule has 0 aromatic rings. The Morgan fingerprint density at radius 3 is 1.62 bits per heavy atom. The molecule has 0 aliphatic rings. The van der Waals surface area contributed by atoms with E-state index in [0.717, 1.165) is 12.8 Å². The lowest BCUT2D eigenvalue weighted by Crippen LogP contribution is -2.28. The molecule has 0 heterocycles. The van der Waals surface area contributed by atoms with Gasteiger partial charge in [-0.3, -0.25) is 9.35 Å². The van der Waals surface area contributed by atoms with Gasteiger partial charge < -0.3 is 4.90 Å². The molecule has 0 fully saturated rings. The number of carbonyl (C=O) groups excluding carboxylic acids is 1. The molecule has 5 nitrogen and oxygen atoms in total. The summed E-state index contributed by atoms with van der Waals surface area (Å²) >= 11 is 0. The van der Waals surface area contributed by atoms with Crippen molar-refractivity contribution in [2.24, 2.45) is 0 Å². The van der Waals surface area contributed by atoms with Crippen molar-refractivity contribution in [2.45, 2.75) is 129 Å². The summed E-state index contributed by atoms with van der Waals surface area (Å²) in [5.41, 5.74) is 0. The molecule has 6 heteroatoms. The molecule has 0 radical (unpaired) electrons. The minimum absolute atomic E-state index is 0.0568. The Morgan fingerprint density at radius 1 is 0.719 bits per heavy atom. The Kier molecular flexibility index (Phi) is 21.3. The van der Waals surface area contributed by atoms with Gasteiger partial charge in [0.05, 0.1) is 5.75 Å². The van der Waals surface area contributed by atoms with E-state index in [2.05, 4.69) is 19.1 Å². The van der Waals surface area contributed by atoms with E-state index in [0.29, 0.717) is 13.0 Å². The average molecular weight is 474 g/mol. The van der Waals surface area contributed by atoms with Crippen LogP contribution in [0.3, 0.4) is 0 Å². The van der Waals surface area contributed by atoms with Crippen LogP contribution in [0, 0.1) is 0 Å². The third kappa shape index (κ3) is 23.8. The first-order valence-corrected chi connectivity index (χ1v) is 14.8. The van der Waals surface area contributed by atoms with Crippen LogP contribution in [0.5, 0.6) is 0 Å². The molecule has 0 atom stereocenters. The molecule has 1 N–H and O–H groups in total. The third-order valence-electron chi connectivity index (χ3n) is 5.97. The van der Waals surface area contributed by atoms with Gasteiger partial charge in [-0.05, 0) is 38.5 Å². The van der Waals surface area contributed by atoms with Crippen molar-refractivity contribution in [3.8, 4) is 0 Å². The van der Waals surface area contributed by atoms with Gasteiger partial charge >= 0.3 is 0 Å². The van der Waals surface area contributed by atoms with Crippen LogP contribution in [-0.2, 0) is 14.9 Å². The molecule has 1 amide bonds. The fourth-order valence-corrected chi connectivity index (χ4v) is 4.35. The summed E-state index contributed by atoms with van der Waals surface area (Å²) in [6.07, 6.45) is 27.3. The molecule has 190 valence electrons. The van der Waals surface area contributed by atoms with Gasteiger partial charge in [0.15, 0.2) is 0 Å². The molecule has 0 unspecified atom stereocenters. The molecule has 32 heavy (non-hydrogen) atoms. The highest BCUT2D eigenvalue weighted by Crippen LogP contribution is 2.13. The van der Waals surface area contributed by atoms with Crippen molar-refractivity contribution in [1.29, 1.82) is 0 Å². The maximum Gasteiger partial charge on any atom is 0.264 e. The lowest BCUT2D eigenvalue weighted by Gasteiger charge is -2.16. The van der Waals surface area contributed by atoms with E-state index in [1.807, 2.05) is 0 Å². The molecule has 0 aromatic heterocycles. The zero-order valence-corrected chi connectivity index (χ0v) is 21.8. The summed E-state index contributed by atoms with van der Waals surface area (Å²) in [6.45, 7) is 2.63. The van der Waals surface area contributed by atoms with Gasteiger partial charge in [-0.25, -0.2) is 0 Å². The smallest absolute Gasteiger partial charge is 0.264 e. The highest BCUT2D eigenvalue weighted by molar-refractivity contribution is 7.85. The van der Waals surface area contributed by atoms with E-state index in [9.17, 15) is 13.2 Å². The number of unbranched alkanes of at least 4 members (excludes halogenated alkanes) is 15. The van der Waals surface area contributed by atoms with Gasteiger partial charge in [-0.15, -0.1) is 0 Å². The minimum atomic E-state index is -3.93. The number of hydrogen-bond donors (Lipinski definition) is 1. The molecule has 0 saturated carbocycles. The zero-order chi connectivity index (χ0) is 23.9. The Bertz CT molecular complexity index is 560. The Morgan fingerprint density at radius 2 is 1.16 bits per heavy atom. The zero-order valence-electron chi connectivity index (χ0n) is 21.0. The Hall–Kier alpha value is -0.880. The molecule has 0 saturated heterocycles. The van der Waals surface area contributed by atoms with Gasteiger partial charge in [0.1, 0.15) is 0 Å². The summed E-state index contributed by atoms with van der Waals surface area (Å²) in [5, 5.41) is 0. The van der Waals surface area contributed by atoms with Gasteiger partial charge in [0.25, 0.3) is 10.1 Å². The highest BCUT2D eigenvalue weighted by Gasteiger charge is 2.10. The summed E-state index contributed by atoms with van der Waals surface area (Å²) in [7, 11) is -2.24. The van der Waals surface area contributed by atoms with Crippen LogP contribution in [0.1, 0.15) is 129 Å². The van der Waals surface area contributed by atoms with Gasteiger partial charge in [0, 0.05) is 20.0 Å². The topological polar surface area (TPSA) is 74.7 Å². The monoisotopic (exact) mass is 473 g/mol. The van der Waals surface area contributed by atoms with Crippen molar-refractivity contribution < 1.29 is 17.8 Å². The highest BCUT2D eigenvalue weighted by atomic mass is 32.2. The molecular weight excluding hydrogens is 422 g/mol. The molecule has 0 rings (SSSR count). The fraction of sp³-hybridized carbons (Fsp3) is 0.885. The molecular formula is C26H51NO4S. The second-order valence-corrected chi connectivity index (χ2v) is 10.8. The van der Waals surface area contributed by atoms with E-state index < -0.39 is 10.1 Å². The molecule has 0 aliphatic heterocycles. The van der Waals surface area contributed by atoms with Crippen LogP contribution >= 0.6 is 0 Å². The van der Waals surface area contributed by atoms with Crippen molar-refractivity contribution in [1.82, 2.24) is 4.90 Å². The van der Waals surface area contributed by atoms with Gasteiger partial charge in [-0.2, -0.15) is 8.42 Å². The van der Waals surface area contributed by atoms with Crippen molar-refractivity contribution in [3.05, 3.63) is 12.2 Å². The minimum Gasteiger partial charge on any atom is -0.346 e. The van der Waals surface area contributed by atoms with Crippen LogP contribution < -0.4 is 0 Å². The first-order chi connectivity index (χ1) is 15.4. The Labute approximate surface area is 199 Å². The molecule has 0 aliphatic carbocycles. The SMILES string of the molecule is CCCCCCCC/C=C/CCCCCCCCCCCC(=O)N(C)CCCS(=O)(=O)O. The lowest BCUT2D eigenvalue weighted by atomic mass is 10.1. The number of rotatable bonds is 23. The first kappa shape index (κ1) is 31.1. The van der Waals surface area contributed by atoms with Crippen LogP contribution in [0.4, 0.5) is 0 Å². The van der Waals surface area contributed by atoms with E-state index in [4.69, 9.17) is 4.55 Å². The number of hydrogen-bond acceptors (Lipinski definition) is 3. The van der Waals surface area contributed by atoms with Crippen LogP contribution in [0.15, 0.2) is 12.2 Å². The largest absolute Gasteiger partial charge is 0.346 e. The quantitative estimate of drug-likeness (QED) is 0.0958. The normalized spacial score (nSPS) is 12.0. The number of allylic oxidation sites excluding steroid dienone is 2. The molecule has 0 bridgehead atoms. The number of nitrogens with zero attached hydrogens (tertiary/aromatic N) is 1. The van der Waals surface area contributed by atoms with E-state index in [-0.39, 0.29) is 18.1 Å². The van der Waals surface area contributed by atoms with Crippen LogP contribution in [-0.4, -0.2) is 43.1 Å². The van der Waals surface area contributed by atoms with Crippen LogP contribution in [0.2, 0.25) is 0 Å². The lowest BCUT2D eigenvalue weighted by molar-refractivity contribution is -0.130. The van der Waals surface area contributed by atoms with Gasteiger partial charge in [-0.1, -0.05) is 96.1 Å². The first-order valence-electron chi connectivity index (χ1n) is 13.2. The summed E-state index contributed by atoms with van der Waals surface area (Å²) in [4.78, 5) is 13.6. The maximum absolute atomic E-state index is 12.0. The predicted octanol–water partition coefficient (Wildman–Crippen LogP) is 7.32. The van der Waals surface area contributed by atoms with Crippen LogP contribution in [0.25, 0.3) is 0 Å². The molecule has 0 spiro atoms. The van der Waals surface area contributed by atoms with Gasteiger partial charge in [0.2, 0.25) is 5.91 Å². The van der Waals surface area contributed by atoms with E-state index in [1.54, 1.807) is 11.9 Å². The Balaban J connectivity index is 3.33. The van der Waals surface area contributed by atoms with E-state index in [1.165, 1.54) is 96.3 Å². The number of carbonyl (C=O) groups is 1. The third-order valence-corrected chi connectivity index (χ3v) is 6.78. The summed E-state index contributed by atoms with van der Waals surface area (Å²) in [5.74, 6) is -0.234. The predicted molar refractivity (Wildman–Crippen MR) is 137 cm³/mol.